The van der Waals surface area contributed by atoms with Gasteiger partial charge in [0.25, 0.3) is 0 Å². The molecule has 25 heteroatoms. The fourth-order valence-electron chi connectivity index (χ4n) is 3.01. The number of phosphoric acid groups is 3. The molecule has 2 aromatic heterocycles. The number of aromatic nitrogens is 4. The minimum Gasteiger partial charge on any atom is -0.387 e. The molecule has 0 aliphatic carbocycles. The number of rotatable bonds is 10. The maximum atomic E-state index is 11.9. The summed E-state index contributed by atoms with van der Waals surface area (Å²) in [6.45, 7) is -1.49. The highest BCUT2D eigenvalue weighted by Gasteiger charge is 2.47. The minimum absolute atomic E-state index is 0.0368. The van der Waals surface area contributed by atoms with Gasteiger partial charge in [0.05, 0.1) is 19.5 Å². The molecule has 0 aromatic carbocycles. The van der Waals surface area contributed by atoms with Crippen LogP contribution in [0.3, 0.4) is 0 Å². The summed E-state index contributed by atoms with van der Waals surface area (Å²) in [5, 5.41) is 24.9. The summed E-state index contributed by atoms with van der Waals surface area (Å²) in [7, 11) is -16.9. The number of aliphatic hydroxyl groups is 2. The normalized spacial score (nSPS) is 25.0. The molecular formula is C13H20N7O15P3. The van der Waals surface area contributed by atoms with E-state index in [0.29, 0.717) is 0 Å². The molecule has 2 unspecified atom stereocenters. The molecule has 1 aliphatic rings. The first kappa shape index (κ1) is 30.3. The average molecular weight is 607 g/mol. The van der Waals surface area contributed by atoms with Gasteiger partial charge in [0, 0.05) is 0 Å². The van der Waals surface area contributed by atoms with Gasteiger partial charge in [-0.2, -0.15) is 8.62 Å². The lowest BCUT2D eigenvalue weighted by Gasteiger charge is -2.19. The van der Waals surface area contributed by atoms with Crippen LogP contribution in [0.4, 0.5) is 10.6 Å². The van der Waals surface area contributed by atoms with Crippen molar-refractivity contribution < 1.29 is 71.0 Å². The summed E-state index contributed by atoms with van der Waals surface area (Å²) in [4.78, 5) is 70.8. The third-order valence-corrected chi connectivity index (χ3v) is 8.26. The van der Waals surface area contributed by atoms with Gasteiger partial charge in [0.2, 0.25) is 5.91 Å². The lowest BCUT2D eigenvalue weighted by atomic mass is 10.1. The van der Waals surface area contributed by atoms with Crippen LogP contribution in [0.1, 0.15) is 6.23 Å². The van der Waals surface area contributed by atoms with Crippen molar-refractivity contribution in [2.75, 3.05) is 18.5 Å². The summed E-state index contributed by atoms with van der Waals surface area (Å²) < 4.78 is 52.1. The number of fused-ring (bicyclic) bond motifs is 1. The number of hydrogen-bond donors (Lipinski definition) is 9. The fraction of sp³-hybridized carbons (Fsp3) is 0.462. The maximum Gasteiger partial charge on any atom is 0.490 e. The number of imide groups is 1. The van der Waals surface area contributed by atoms with Crippen molar-refractivity contribution in [3.05, 3.63) is 12.7 Å². The Labute approximate surface area is 210 Å². The van der Waals surface area contributed by atoms with Gasteiger partial charge in [-0.25, -0.2) is 33.4 Å². The molecule has 1 fully saturated rings. The van der Waals surface area contributed by atoms with Crippen LogP contribution in [-0.4, -0.2) is 92.7 Å². The second kappa shape index (κ2) is 11.5. The van der Waals surface area contributed by atoms with Crippen molar-refractivity contribution in [2.45, 2.75) is 24.5 Å². The van der Waals surface area contributed by atoms with Gasteiger partial charge in [0.15, 0.2) is 23.2 Å². The first-order valence-electron chi connectivity index (χ1n) is 9.80. The number of amides is 3. The van der Waals surface area contributed by atoms with E-state index < -0.39 is 73.1 Å². The summed E-state index contributed by atoms with van der Waals surface area (Å²) in [5.41, 5.74) is 5.04. The monoisotopic (exact) mass is 607 g/mol. The fourth-order valence-corrected chi connectivity index (χ4v) is 6.04. The van der Waals surface area contributed by atoms with Crippen LogP contribution < -0.4 is 16.4 Å². The third-order valence-electron chi connectivity index (χ3n) is 4.46. The standard InChI is InChI=1S/C13H20N7O15P3/c14-1-6(21)18-13(24)19-10-7-11(16-3-15-10)20(4-17-7)12-9(23)8(22)5(33-12)2-32-37(28,29)35-38(30,31)34-36(25,26)27/h3-5,8-9,12,22-23H,1-2,14H2,(H,28,29)(H,30,31)(H2,25,26,27)(H2,15,16,18,19,21,24)/t5-,8-,9-,12-/m1/s1. The Kier molecular flexibility index (Phi) is 9.13. The number of nitrogens with zero attached hydrogens (tertiary/aromatic N) is 4. The lowest BCUT2D eigenvalue weighted by molar-refractivity contribution is -0.118. The number of urea groups is 1. The number of carbonyl (C=O) groups excluding carboxylic acids is 2. The van der Waals surface area contributed by atoms with Crippen LogP contribution in [0.25, 0.3) is 11.2 Å². The van der Waals surface area contributed by atoms with E-state index >= 15 is 0 Å². The average Bonchev–Trinajstić information content (AvgIpc) is 3.31. The quantitative estimate of drug-likeness (QED) is 0.125. The predicted octanol–water partition coefficient (Wildman–Crippen LogP) is -2.60. The summed E-state index contributed by atoms with van der Waals surface area (Å²) >= 11 is 0. The molecule has 0 radical (unpaired) electrons. The molecule has 1 saturated heterocycles. The molecule has 38 heavy (non-hydrogen) atoms. The Balaban J connectivity index is 1.72. The largest absolute Gasteiger partial charge is 0.490 e. The van der Waals surface area contributed by atoms with Crippen molar-refractivity contribution in [1.82, 2.24) is 24.8 Å². The maximum absolute atomic E-state index is 11.9. The minimum atomic E-state index is -5.77. The van der Waals surface area contributed by atoms with E-state index in [0.717, 1.165) is 17.2 Å². The van der Waals surface area contributed by atoms with Crippen molar-refractivity contribution in [1.29, 1.82) is 0 Å². The highest BCUT2D eigenvalue weighted by Crippen LogP contribution is 2.66. The molecule has 0 bridgehead atoms. The molecule has 22 nitrogen and oxygen atoms in total. The molecule has 3 heterocycles. The van der Waals surface area contributed by atoms with E-state index in [-0.39, 0.29) is 17.0 Å². The third kappa shape index (κ3) is 7.65. The van der Waals surface area contributed by atoms with Crippen LogP contribution in [0, 0.1) is 0 Å². The molecule has 3 rings (SSSR count). The summed E-state index contributed by atoms with van der Waals surface area (Å²) in [6.07, 6.45) is -4.44. The topological polar surface area (TPSA) is 337 Å². The van der Waals surface area contributed by atoms with Gasteiger partial charge >= 0.3 is 29.5 Å². The highest BCUT2D eigenvalue weighted by molar-refractivity contribution is 7.66. The SMILES string of the molecule is NCC(=O)NC(=O)Nc1ncnc2c1ncn2[C@@H]1O[C@H](COP(=O)(O)OP(=O)(O)OP(=O)(O)O)[C@@H](O)[C@H]1O. The number of aliphatic hydroxyl groups excluding tert-OH is 2. The van der Waals surface area contributed by atoms with Gasteiger partial charge < -0.3 is 40.3 Å². The van der Waals surface area contributed by atoms with Crippen LogP contribution in [-0.2, 0) is 36.4 Å². The Hall–Kier alpha value is -2.26. The van der Waals surface area contributed by atoms with Crippen LogP contribution >= 0.6 is 23.5 Å². The first-order chi connectivity index (χ1) is 17.5. The van der Waals surface area contributed by atoms with Crippen LogP contribution in [0.5, 0.6) is 0 Å². The van der Waals surface area contributed by atoms with Crippen LogP contribution in [0.15, 0.2) is 12.7 Å². The number of ether oxygens (including phenoxy) is 1. The van der Waals surface area contributed by atoms with E-state index in [1.165, 1.54) is 0 Å². The van der Waals surface area contributed by atoms with Crippen molar-refractivity contribution in [2.24, 2.45) is 5.73 Å². The number of phosphoric ester groups is 1. The molecular weight excluding hydrogens is 587 g/mol. The second-order valence-corrected chi connectivity index (χ2v) is 11.6. The first-order valence-corrected chi connectivity index (χ1v) is 14.3. The number of carbonyl (C=O) groups is 2. The van der Waals surface area contributed by atoms with Gasteiger partial charge in [-0.05, 0) is 0 Å². The van der Waals surface area contributed by atoms with E-state index in [1.54, 1.807) is 0 Å². The van der Waals surface area contributed by atoms with E-state index in [2.05, 4.69) is 33.4 Å². The van der Waals surface area contributed by atoms with Gasteiger partial charge in [-0.3, -0.25) is 24.5 Å². The zero-order valence-corrected chi connectivity index (χ0v) is 21.1. The summed E-state index contributed by atoms with van der Waals surface area (Å²) in [6, 6.07) is -0.978. The zero-order chi connectivity index (χ0) is 28.5. The van der Waals surface area contributed by atoms with Gasteiger partial charge in [0.1, 0.15) is 24.6 Å². The Morgan fingerprint density at radius 1 is 1.05 bits per heavy atom. The van der Waals surface area contributed by atoms with Crippen molar-refractivity contribution in [3.63, 3.8) is 0 Å². The smallest absolute Gasteiger partial charge is 0.387 e. The number of anilines is 1. The molecule has 212 valence electrons. The number of hydrogen-bond acceptors (Lipinski definition) is 15. The predicted molar refractivity (Wildman–Crippen MR) is 117 cm³/mol. The van der Waals surface area contributed by atoms with Crippen molar-refractivity contribution in [3.8, 4) is 0 Å². The number of imidazole rings is 1. The lowest BCUT2D eigenvalue weighted by Crippen LogP contribution is -2.38. The Bertz CT molecular complexity index is 1350. The molecule has 0 saturated carbocycles. The second-order valence-electron chi connectivity index (χ2n) is 7.19. The Morgan fingerprint density at radius 3 is 2.37 bits per heavy atom. The van der Waals surface area contributed by atoms with E-state index in [4.69, 9.17) is 20.3 Å². The molecule has 6 atom stereocenters. The molecule has 10 N–H and O–H groups in total. The molecule has 3 amide bonds. The zero-order valence-electron chi connectivity index (χ0n) is 18.4. The van der Waals surface area contributed by atoms with Crippen molar-refractivity contribution >= 4 is 52.4 Å². The molecule has 0 spiro atoms. The number of nitrogens with two attached hydrogens (primary N) is 1. The number of nitrogens with one attached hydrogen (secondary N) is 2. The van der Waals surface area contributed by atoms with Gasteiger partial charge in [-0.1, -0.05) is 0 Å². The highest BCUT2D eigenvalue weighted by atomic mass is 31.3. The Morgan fingerprint density at radius 2 is 1.74 bits per heavy atom. The van der Waals surface area contributed by atoms with Crippen LogP contribution in [0.2, 0.25) is 0 Å². The molecule has 2 aromatic rings. The van der Waals surface area contributed by atoms with E-state index in [9.17, 15) is 43.3 Å². The summed E-state index contributed by atoms with van der Waals surface area (Å²) in [5.74, 6) is -0.940. The van der Waals surface area contributed by atoms with E-state index in [1.807, 2.05) is 5.32 Å². The molecule has 1 aliphatic heterocycles. The van der Waals surface area contributed by atoms with Gasteiger partial charge in [-0.15, -0.1) is 0 Å².